The van der Waals surface area contributed by atoms with Crippen molar-refractivity contribution >= 4 is 17.5 Å². The van der Waals surface area contributed by atoms with Gasteiger partial charge in [0.2, 0.25) is 11.8 Å². The molecule has 1 aromatic carbocycles. The summed E-state index contributed by atoms with van der Waals surface area (Å²) in [5.74, 6) is 0.400. The van der Waals surface area contributed by atoms with Gasteiger partial charge in [-0.15, -0.1) is 5.10 Å². The molecule has 0 bridgehead atoms. The molecule has 2 amide bonds. The van der Waals surface area contributed by atoms with Crippen LogP contribution in [-0.2, 0) is 27.4 Å². The normalized spacial score (nSPS) is 18.5. The van der Waals surface area contributed by atoms with E-state index in [4.69, 9.17) is 4.74 Å². The van der Waals surface area contributed by atoms with Crippen LogP contribution in [-0.4, -0.2) is 87.8 Å². The topological polar surface area (TPSA) is 96.7 Å². The number of hydrogen-bond acceptors (Lipinski definition) is 7. The van der Waals surface area contributed by atoms with E-state index in [1.807, 2.05) is 30.3 Å². The number of morpholine rings is 1. The third-order valence-corrected chi connectivity index (χ3v) is 5.00. The number of tetrazole rings is 1. The lowest BCUT2D eigenvalue weighted by Crippen LogP contribution is -2.53. The molecule has 3 heterocycles. The molecule has 10 heteroatoms. The van der Waals surface area contributed by atoms with Crippen molar-refractivity contribution in [3.8, 4) is 0 Å². The second-order valence-electron chi connectivity index (χ2n) is 6.84. The molecule has 2 aliphatic heterocycles. The van der Waals surface area contributed by atoms with Gasteiger partial charge < -0.3 is 14.5 Å². The maximum Gasteiger partial charge on any atom is 0.246 e. The van der Waals surface area contributed by atoms with Crippen LogP contribution in [0.2, 0.25) is 0 Å². The Hall–Kier alpha value is -2.85. The largest absolute Gasteiger partial charge is 0.379 e. The molecule has 2 saturated heterocycles. The molecule has 2 aromatic rings. The lowest BCUT2D eigenvalue weighted by molar-refractivity contribution is -0.137. The first-order valence-electron chi connectivity index (χ1n) is 9.39. The average Bonchev–Trinajstić information content (AvgIpc) is 3.16. The van der Waals surface area contributed by atoms with E-state index < -0.39 is 0 Å². The summed E-state index contributed by atoms with van der Waals surface area (Å²) in [5.41, 5.74) is 0.855. The van der Waals surface area contributed by atoms with Crippen LogP contribution in [0.5, 0.6) is 0 Å². The molecule has 0 atom stereocenters. The van der Waals surface area contributed by atoms with E-state index in [9.17, 15) is 9.59 Å². The van der Waals surface area contributed by atoms with Crippen molar-refractivity contribution in [2.45, 2.75) is 13.1 Å². The van der Waals surface area contributed by atoms with Crippen molar-refractivity contribution in [2.75, 3.05) is 50.8 Å². The molecule has 0 radical (unpaired) electrons. The number of para-hydroxylation sites is 1. The molecule has 1 aromatic heterocycles. The first-order chi connectivity index (χ1) is 13.7. The lowest BCUT2D eigenvalue weighted by Gasteiger charge is -2.34. The molecule has 28 heavy (non-hydrogen) atoms. The Morgan fingerprint density at radius 3 is 2.61 bits per heavy atom. The number of hydrogen-bond donors (Lipinski definition) is 0. The first-order valence-corrected chi connectivity index (χ1v) is 9.39. The van der Waals surface area contributed by atoms with Crippen molar-refractivity contribution in [3.63, 3.8) is 0 Å². The van der Waals surface area contributed by atoms with Crippen molar-refractivity contribution in [3.05, 3.63) is 36.2 Å². The Morgan fingerprint density at radius 1 is 1.07 bits per heavy atom. The predicted octanol–water partition coefficient (Wildman–Crippen LogP) is -0.619. The summed E-state index contributed by atoms with van der Waals surface area (Å²) >= 11 is 0. The Labute approximate surface area is 162 Å². The zero-order valence-electron chi connectivity index (χ0n) is 15.6. The Balaban J connectivity index is 1.35. The highest BCUT2D eigenvalue weighted by Crippen LogP contribution is 2.17. The van der Waals surface area contributed by atoms with Crippen LogP contribution in [0.15, 0.2) is 30.3 Å². The minimum Gasteiger partial charge on any atom is -0.379 e. The highest BCUT2D eigenvalue weighted by Gasteiger charge is 2.28. The molecule has 148 valence electrons. The smallest absolute Gasteiger partial charge is 0.246 e. The molecular formula is C18H23N7O3. The monoisotopic (exact) mass is 385 g/mol. The lowest BCUT2D eigenvalue weighted by atomic mass is 10.2. The summed E-state index contributed by atoms with van der Waals surface area (Å²) in [6.45, 7) is 4.64. The van der Waals surface area contributed by atoms with Crippen molar-refractivity contribution < 1.29 is 14.3 Å². The van der Waals surface area contributed by atoms with Gasteiger partial charge in [-0.2, -0.15) is 0 Å². The number of amides is 2. The van der Waals surface area contributed by atoms with E-state index in [0.29, 0.717) is 38.7 Å². The van der Waals surface area contributed by atoms with E-state index >= 15 is 0 Å². The number of anilines is 1. The van der Waals surface area contributed by atoms with E-state index in [-0.39, 0.29) is 24.9 Å². The van der Waals surface area contributed by atoms with Crippen LogP contribution in [0.4, 0.5) is 5.69 Å². The number of piperazine rings is 1. The van der Waals surface area contributed by atoms with Crippen LogP contribution in [0.25, 0.3) is 0 Å². The second kappa shape index (κ2) is 8.44. The number of carbonyl (C=O) groups is 2. The van der Waals surface area contributed by atoms with E-state index in [0.717, 1.165) is 18.8 Å². The Morgan fingerprint density at radius 2 is 1.86 bits per heavy atom. The molecular weight excluding hydrogens is 362 g/mol. The van der Waals surface area contributed by atoms with Gasteiger partial charge in [0.1, 0.15) is 13.1 Å². The number of benzene rings is 1. The highest BCUT2D eigenvalue weighted by atomic mass is 16.5. The Kier molecular flexibility index (Phi) is 5.58. The standard InChI is InChI=1S/C18H23N7O3/c26-17(14-25-16(19-20-21-25)12-22-8-10-28-11-9-22)23-6-7-24(18(27)13-23)15-4-2-1-3-5-15/h1-5H,6-14H2. The van der Waals surface area contributed by atoms with Crippen LogP contribution < -0.4 is 4.90 Å². The minimum atomic E-state index is -0.156. The fraction of sp³-hybridized carbons (Fsp3) is 0.500. The van der Waals surface area contributed by atoms with Gasteiger partial charge in [-0.1, -0.05) is 18.2 Å². The molecule has 0 saturated carbocycles. The molecule has 4 rings (SSSR count). The summed E-state index contributed by atoms with van der Waals surface area (Å²) < 4.78 is 6.87. The molecule has 0 N–H and O–H groups in total. The average molecular weight is 385 g/mol. The fourth-order valence-electron chi connectivity index (χ4n) is 3.41. The fourth-order valence-corrected chi connectivity index (χ4v) is 3.41. The number of ether oxygens (including phenoxy) is 1. The van der Waals surface area contributed by atoms with E-state index in [1.165, 1.54) is 4.68 Å². The van der Waals surface area contributed by atoms with Crippen LogP contribution >= 0.6 is 0 Å². The van der Waals surface area contributed by atoms with Crippen molar-refractivity contribution in [2.24, 2.45) is 0 Å². The Bertz CT molecular complexity index is 820. The zero-order valence-corrected chi connectivity index (χ0v) is 15.6. The van der Waals surface area contributed by atoms with Gasteiger partial charge in [-0.25, -0.2) is 4.68 Å². The summed E-state index contributed by atoms with van der Waals surface area (Å²) in [4.78, 5) is 30.7. The maximum absolute atomic E-state index is 12.7. The zero-order chi connectivity index (χ0) is 19.3. The van der Waals surface area contributed by atoms with Crippen LogP contribution in [0.3, 0.4) is 0 Å². The second-order valence-corrected chi connectivity index (χ2v) is 6.84. The summed E-state index contributed by atoms with van der Waals surface area (Å²) in [7, 11) is 0. The molecule has 10 nitrogen and oxygen atoms in total. The molecule has 0 spiro atoms. The third kappa shape index (κ3) is 4.18. The quantitative estimate of drug-likeness (QED) is 0.677. The maximum atomic E-state index is 12.7. The van der Waals surface area contributed by atoms with Gasteiger partial charge >= 0.3 is 0 Å². The number of nitrogens with zero attached hydrogens (tertiary/aromatic N) is 7. The summed E-state index contributed by atoms with van der Waals surface area (Å²) in [6.07, 6.45) is 0. The molecule has 2 aliphatic rings. The molecule has 0 aliphatic carbocycles. The summed E-state index contributed by atoms with van der Waals surface area (Å²) in [5, 5.41) is 11.7. The van der Waals surface area contributed by atoms with Gasteiger partial charge in [0.25, 0.3) is 0 Å². The van der Waals surface area contributed by atoms with Crippen LogP contribution in [0, 0.1) is 0 Å². The van der Waals surface area contributed by atoms with Gasteiger partial charge in [0.15, 0.2) is 5.82 Å². The number of carbonyl (C=O) groups excluding carboxylic acids is 2. The van der Waals surface area contributed by atoms with Crippen molar-refractivity contribution in [1.82, 2.24) is 30.0 Å². The van der Waals surface area contributed by atoms with Crippen molar-refractivity contribution in [1.29, 1.82) is 0 Å². The first kappa shape index (κ1) is 18.5. The van der Waals surface area contributed by atoms with E-state index in [1.54, 1.807) is 9.80 Å². The highest BCUT2D eigenvalue weighted by molar-refractivity contribution is 5.97. The SMILES string of the molecule is O=C(Cn1nnnc1CN1CCOCC1)N1CCN(c2ccccc2)C(=O)C1. The summed E-state index contributed by atoms with van der Waals surface area (Å²) in [6, 6.07) is 9.50. The molecule has 2 fully saturated rings. The minimum absolute atomic E-state index is 0.0330. The van der Waals surface area contributed by atoms with Gasteiger partial charge in [-0.05, 0) is 22.6 Å². The predicted molar refractivity (Wildman–Crippen MR) is 99.3 cm³/mol. The third-order valence-electron chi connectivity index (χ3n) is 5.00. The number of aromatic nitrogens is 4. The number of rotatable bonds is 5. The van der Waals surface area contributed by atoms with Crippen LogP contribution in [0.1, 0.15) is 5.82 Å². The van der Waals surface area contributed by atoms with Gasteiger partial charge in [0, 0.05) is 31.9 Å². The van der Waals surface area contributed by atoms with Gasteiger partial charge in [0.05, 0.1) is 19.8 Å². The van der Waals surface area contributed by atoms with Gasteiger partial charge in [-0.3, -0.25) is 14.5 Å². The van der Waals surface area contributed by atoms with E-state index in [2.05, 4.69) is 20.4 Å². The molecule has 0 unspecified atom stereocenters.